The van der Waals surface area contributed by atoms with E-state index in [1.54, 1.807) is 18.5 Å². The van der Waals surface area contributed by atoms with Gasteiger partial charge < -0.3 is 10.2 Å². The topological polar surface area (TPSA) is 71.0 Å². The molecule has 1 N–H and O–H groups in total. The van der Waals surface area contributed by atoms with E-state index in [4.69, 9.17) is 0 Å². The average molecular weight is 315 g/mol. The Morgan fingerprint density at radius 2 is 2.26 bits per heavy atom. The van der Waals surface area contributed by atoms with E-state index in [0.29, 0.717) is 6.54 Å². The van der Waals surface area contributed by atoms with Crippen LogP contribution in [-0.2, 0) is 11.3 Å². The van der Waals surface area contributed by atoms with Crippen molar-refractivity contribution in [3.63, 3.8) is 0 Å². The molecule has 2 aromatic rings. The maximum atomic E-state index is 13.1. The Hall–Kier alpha value is -2.57. The van der Waals surface area contributed by atoms with E-state index in [2.05, 4.69) is 25.2 Å². The largest absolute Gasteiger partial charge is 0.351 e. The summed E-state index contributed by atoms with van der Waals surface area (Å²) in [5.74, 6) is 0.291. The molecular weight excluding hydrogens is 297 g/mol. The third-order valence-corrected chi connectivity index (χ3v) is 3.82. The molecular formula is C16H18FN5O. The van der Waals surface area contributed by atoms with Crippen molar-refractivity contribution >= 4 is 11.7 Å². The van der Waals surface area contributed by atoms with Crippen LogP contribution in [0.2, 0.25) is 0 Å². The smallest absolute Gasteiger partial charge is 0.217 e. The van der Waals surface area contributed by atoms with Crippen LogP contribution in [0.3, 0.4) is 0 Å². The van der Waals surface area contributed by atoms with Gasteiger partial charge in [0, 0.05) is 13.5 Å². The first-order chi connectivity index (χ1) is 11.1. The van der Waals surface area contributed by atoms with E-state index in [1.165, 1.54) is 19.2 Å². The fourth-order valence-corrected chi connectivity index (χ4v) is 2.77. The van der Waals surface area contributed by atoms with Gasteiger partial charge in [-0.15, -0.1) is 0 Å². The maximum Gasteiger partial charge on any atom is 0.217 e. The van der Waals surface area contributed by atoms with Crippen molar-refractivity contribution in [1.82, 2.24) is 20.3 Å². The molecule has 7 heteroatoms. The summed E-state index contributed by atoms with van der Waals surface area (Å²) in [6, 6.07) is 3.16. The lowest BCUT2D eigenvalue weighted by Crippen LogP contribution is -2.25. The Kier molecular flexibility index (Phi) is 4.45. The number of carbonyl (C=O) groups is 1. The van der Waals surface area contributed by atoms with Gasteiger partial charge in [0.2, 0.25) is 5.91 Å². The van der Waals surface area contributed by atoms with E-state index < -0.39 is 0 Å². The van der Waals surface area contributed by atoms with Gasteiger partial charge in [0.05, 0.1) is 42.6 Å². The molecule has 0 aromatic carbocycles. The van der Waals surface area contributed by atoms with Gasteiger partial charge in [-0.2, -0.15) is 0 Å². The number of amides is 1. The molecule has 0 unspecified atom stereocenters. The highest BCUT2D eigenvalue weighted by Crippen LogP contribution is 2.33. The molecule has 1 aliphatic heterocycles. The molecule has 1 fully saturated rings. The lowest BCUT2D eigenvalue weighted by Gasteiger charge is -2.25. The second-order valence-electron chi connectivity index (χ2n) is 5.53. The lowest BCUT2D eigenvalue weighted by atomic mass is 10.1. The zero-order valence-electron chi connectivity index (χ0n) is 12.9. The molecule has 1 aliphatic rings. The van der Waals surface area contributed by atoms with Crippen LogP contribution < -0.4 is 10.2 Å². The maximum absolute atomic E-state index is 13.1. The molecule has 1 amide bonds. The number of rotatable bonds is 4. The molecule has 3 rings (SSSR count). The van der Waals surface area contributed by atoms with E-state index in [1.807, 2.05) is 0 Å². The third kappa shape index (κ3) is 3.61. The normalized spacial score (nSPS) is 17.3. The number of nitrogens with zero attached hydrogens (tertiary/aromatic N) is 4. The minimum absolute atomic E-state index is 0.0674. The van der Waals surface area contributed by atoms with Gasteiger partial charge in [0.15, 0.2) is 0 Å². The molecule has 120 valence electrons. The molecule has 6 nitrogen and oxygen atoms in total. The first-order valence-corrected chi connectivity index (χ1v) is 7.57. The van der Waals surface area contributed by atoms with Crippen molar-refractivity contribution in [2.24, 2.45) is 0 Å². The molecule has 1 atom stereocenters. The Morgan fingerprint density at radius 3 is 3.00 bits per heavy atom. The summed E-state index contributed by atoms with van der Waals surface area (Å²) in [7, 11) is 0. The summed E-state index contributed by atoms with van der Waals surface area (Å²) >= 11 is 0. The number of hydrogen-bond acceptors (Lipinski definition) is 5. The molecule has 3 heterocycles. The molecule has 23 heavy (non-hydrogen) atoms. The summed E-state index contributed by atoms with van der Waals surface area (Å²) < 4.78 is 13.1. The number of hydrogen-bond donors (Lipinski definition) is 1. The summed E-state index contributed by atoms with van der Waals surface area (Å²) in [5, 5.41) is 2.72. The van der Waals surface area contributed by atoms with Crippen molar-refractivity contribution in [1.29, 1.82) is 0 Å². The number of carbonyl (C=O) groups excluding carboxylic acids is 1. The van der Waals surface area contributed by atoms with E-state index >= 15 is 0 Å². The average Bonchev–Trinajstić information content (AvgIpc) is 3.03. The minimum Gasteiger partial charge on any atom is -0.351 e. The van der Waals surface area contributed by atoms with Crippen molar-refractivity contribution in [3.8, 4) is 0 Å². The Labute approximate surface area is 133 Å². The molecule has 1 saturated heterocycles. The van der Waals surface area contributed by atoms with Crippen molar-refractivity contribution in [2.45, 2.75) is 32.4 Å². The molecule has 2 aromatic heterocycles. The summed E-state index contributed by atoms with van der Waals surface area (Å²) in [6.45, 7) is 2.68. The van der Waals surface area contributed by atoms with Crippen LogP contribution in [0.4, 0.5) is 10.2 Å². The van der Waals surface area contributed by atoms with E-state index in [0.717, 1.165) is 36.6 Å². The Bertz CT molecular complexity index is 691. The number of nitrogens with one attached hydrogen (secondary N) is 1. The van der Waals surface area contributed by atoms with Crippen LogP contribution >= 0.6 is 0 Å². The molecule has 0 saturated carbocycles. The van der Waals surface area contributed by atoms with E-state index in [-0.39, 0.29) is 17.8 Å². The van der Waals surface area contributed by atoms with Gasteiger partial charge >= 0.3 is 0 Å². The fourth-order valence-electron chi connectivity index (χ4n) is 2.77. The van der Waals surface area contributed by atoms with Gasteiger partial charge in [-0.25, -0.2) is 9.37 Å². The number of aromatic nitrogens is 3. The Morgan fingerprint density at radius 1 is 1.39 bits per heavy atom. The second kappa shape index (κ2) is 6.68. The third-order valence-electron chi connectivity index (χ3n) is 3.82. The minimum atomic E-state index is -0.346. The molecule has 0 spiro atoms. The van der Waals surface area contributed by atoms with Gasteiger partial charge in [-0.05, 0) is 25.0 Å². The van der Waals surface area contributed by atoms with Crippen molar-refractivity contribution in [2.75, 3.05) is 11.4 Å². The lowest BCUT2D eigenvalue weighted by molar-refractivity contribution is -0.119. The number of pyridine rings is 1. The highest BCUT2D eigenvalue weighted by atomic mass is 19.1. The van der Waals surface area contributed by atoms with Crippen LogP contribution in [0.25, 0.3) is 0 Å². The van der Waals surface area contributed by atoms with Crippen molar-refractivity contribution in [3.05, 3.63) is 47.9 Å². The summed E-state index contributed by atoms with van der Waals surface area (Å²) in [5.41, 5.74) is 1.56. The monoisotopic (exact) mass is 315 g/mol. The van der Waals surface area contributed by atoms with Gasteiger partial charge in [-0.1, -0.05) is 0 Å². The van der Waals surface area contributed by atoms with Crippen LogP contribution in [-0.4, -0.2) is 27.4 Å². The fraction of sp³-hybridized carbons (Fsp3) is 0.375. The first kappa shape index (κ1) is 15.3. The van der Waals surface area contributed by atoms with Crippen LogP contribution in [0.15, 0.2) is 30.7 Å². The first-order valence-electron chi connectivity index (χ1n) is 7.57. The number of halogens is 1. The van der Waals surface area contributed by atoms with Gasteiger partial charge in [0.25, 0.3) is 0 Å². The second-order valence-corrected chi connectivity index (χ2v) is 5.53. The standard InChI is InChI=1S/C16H18FN5O/c1-11(23)19-9-13-8-18-10-14(21-13)15-3-2-6-22(15)16-5-4-12(17)7-20-16/h4-5,7-8,10,15H,2-3,6,9H2,1H3,(H,19,23)/t15-/m0/s1. The highest BCUT2D eigenvalue weighted by Gasteiger charge is 2.28. The van der Waals surface area contributed by atoms with Crippen molar-refractivity contribution < 1.29 is 9.18 Å². The predicted octanol–water partition coefficient (Wildman–Crippen LogP) is 1.99. The summed E-state index contributed by atoms with van der Waals surface area (Å²) in [4.78, 5) is 26.1. The summed E-state index contributed by atoms with van der Waals surface area (Å²) in [6.07, 6.45) is 6.57. The van der Waals surface area contributed by atoms with Gasteiger partial charge in [-0.3, -0.25) is 14.8 Å². The quantitative estimate of drug-likeness (QED) is 0.934. The Balaban J connectivity index is 1.80. The SMILES string of the molecule is CC(=O)NCc1cncc([C@@H]2CCCN2c2ccc(F)cn2)n1. The zero-order valence-corrected chi connectivity index (χ0v) is 12.9. The molecule has 0 aliphatic carbocycles. The van der Waals surface area contributed by atoms with Crippen LogP contribution in [0.1, 0.15) is 37.2 Å². The predicted molar refractivity (Wildman–Crippen MR) is 83.1 cm³/mol. The van der Waals surface area contributed by atoms with Gasteiger partial charge in [0.1, 0.15) is 11.6 Å². The van der Waals surface area contributed by atoms with Crippen LogP contribution in [0, 0.1) is 5.82 Å². The zero-order chi connectivity index (χ0) is 16.2. The highest BCUT2D eigenvalue weighted by molar-refractivity contribution is 5.72. The molecule has 0 bridgehead atoms. The van der Waals surface area contributed by atoms with E-state index in [9.17, 15) is 9.18 Å². The number of anilines is 1. The van der Waals surface area contributed by atoms with Crippen LogP contribution in [0.5, 0.6) is 0 Å². The molecule has 0 radical (unpaired) electrons.